The number of nitrogens with zero attached hydrogens (tertiary/aromatic N) is 2. The summed E-state index contributed by atoms with van der Waals surface area (Å²) >= 11 is 0. The molecule has 1 aromatic heterocycles. The summed E-state index contributed by atoms with van der Waals surface area (Å²) in [6, 6.07) is 1.20. The fourth-order valence-electron chi connectivity index (χ4n) is 0.428. The van der Waals surface area contributed by atoms with E-state index in [-0.39, 0.29) is 5.69 Å². The van der Waals surface area contributed by atoms with Crippen LogP contribution >= 0.6 is 0 Å². The molecule has 0 aromatic carbocycles. The average Bonchev–Trinajstić information content (AvgIpc) is 2.14. The predicted octanol–water partition coefficient (Wildman–Crippen LogP) is -0.181. The topological polar surface area (TPSA) is 75.3 Å². The molecular formula is C4H4N2O3. The Morgan fingerprint density at radius 3 is 2.67 bits per heavy atom. The minimum Gasteiger partial charge on any atom is -0.476 e. The van der Waals surface area contributed by atoms with Gasteiger partial charge >= 0.3 is 5.97 Å². The smallest absolute Gasteiger partial charge is 0.356 e. The first-order valence-corrected chi connectivity index (χ1v) is 2.18. The van der Waals surface area contributed by atoms with E-state index in [1.165, 1.54) is 6.07 Å². The fourth-order valence-corrected chi connectivity index (χ4v) is 0.428. The van der Waals surface area contributed by atoms with Crippen molar-refractivity contribution in [3.8, 4) is 0 Å². The molecule has 0 aliphatic heterocycles. The molecule has 0 atom stereocenters. The summed E-state index contributed by atoms with van der Waals surface area (Å²) in [5.41, 5.74) is -0.169. The lowest BCUT2D eigenvalue weighted by molar-refractivity contribution is 0.0678. The van der Waals surface area contributed by atoms with Gasteiger partial charge in [-0.05, 0) is 6.07 Å². The largest absolute Gasteiger partial charge is 0.476 e. The van der Waals surface area contributed by atoms with Gasteiger partial charge < -0.3 is 10.3 Å². The third-order valence-electron chi connectivity index (χ3n) is 0.795. The second kappa shape index (κ2) is 1.77. The van der Waals surface area contributed by atoms with Crippen molar-refractivity contribution in [3.05, 3.63) is 18.0 Å². The van der Waals surface area contributed by atoms with Crippen LogP contribution in [0.2, 0.25) is 0 Å². The summed E-state index contributed by atoms with van der Waals surface area (Å²) in [4.78, 5) is 10.5. The standard InChI is InChI=1S/C4H4N2O3/c7-4(8)3-1-2-6(9)5-3/h1-2,9H,(H,7,8). The number of aromatic nitrogens is 2. The van der Waals surface area contributed by atoms with Gasteiger partial charge in [0.1, 0.15) is 0 Å². The van der Waals surface area contributed by atoms with Crippen molar-refractivity contribution in [1.82, 2.24) is 9.94 Å². The molecule has 48 valence electrons. The molecule has 0 bridgehead atoms. The molecular weight excluding hydrogens is 124 g/mol. The van der Waals surface area contributed by atoms with E-state index in [0.717, 1.165) is 6.20 Å². The lowest BCUT2D eigenvalue weighted by Gasteiger charge is -1.82. The monoisotopic (exact) mass is 128 g/mol. The lowest BCUT2D eigenvalue weighted by Crippen LogP contribution is -1.99. The summed E-state index contributed by atoms with van der Waals surface area (Å²) in [6.07, 6.45) is 1.14. The first kappa shape index (κ1) is 5.61. The molecule has 0 radical (unpaired) electrons. The molecule has 0 aliphatic carbocycles. The van der Waals surface area contributed by atoms with Gasteiger partial charge in [0.15, 0.2) is 5.69 Å². The maximum Gasteiger partial charge on any atom is 0.356 e. The highest BCUT2D eigenvalue weighted by Gasteiger charge is 2.04. The van der Waals surface area contributed by atoms with Gasteiger partial charge in [-0.1, -0.05) is 0 Å². The summed E-state index contributed by atoms with van der Waals surface area (Å²) < 4.78 is 0. The second-order valence-corrected chi connectivity index (χ2v) is 1.43. The van der Waals surface area contributed by atoms with E-state index in [1.54, 1.807) is 0 Å². The van der Waals surface area contributed by atoms with Crippen LogP contribution in [0, 0.1) is 0 Å². The Hall–Kier alpha value is -1.52. The molecule has 0 unspecified atom stereocenters. The highest BCUT2D eigenvalue weighted by molar-refractivity contribution is 5.84. The molecule has 5 heteroatoms. The van der Waals surface area contributed by atoms with Crippen molar-refractivity contribution in [2.75, 3.05) is 0 Å². The van der Waals surface area contributed by atoms with Crippen LogP contribution in [0.5, 0.6) is 0 Å². The maximum absolute atomic E-state index is 10.0. The number of carbonyl (C=O) groups is 1. The van der Waals surface area contributed by atoms with Crippen LogP contribution < -0.4 is 0 Å². The van der Waals surface area contributed by atoms with Gasteiger partial charge in [0, 0.05) is 0 Å². The third kappa shape index (κ3) is 0.987. The molecule has 0 fully saturated rings. The Morgan fingerprint density at radius 1 is 1.78 bits per heavy atom. The minimum atomic E-state index is -1.15. The molecule has 2 N–H and O–H groups in total. The van der Waals surface area contributed by atoms with Crippen molar-refractivity contribution in [2.45, 2.75) is 0 Å². The van der Waals surface area contributed by atoms with Gasteiger partial charge in [0.25, 0.3) is 0 Å². The van der Waals surface area contributed by atoms with Gasteiger partial charge in [-0.15, -0.1) is 9.94 Å². The lowest BCUT2D eigenvalue weighted by atomic mass is 10.5. The summed E-state index contributed by atoms with van der Waals surface area (Å²) in [7, 11) is 0. The first-order chi connectivity index (χ1) is 4.20. The Morgan fingerprint density at radius 2 is 2.44 bits per heavy atom. The van der Waals surface area contributed by atoms with Gasteiger partial charge in [0.05, 0.1) is 6.20 Å². The molecule has 0 spiro atoms. The summed E-state index contributed by atoms with van der Waals surface area (Å²) in [6.45, 7) is 0. The highest BCUT2D eigenvalue weighted by Crippen LogP contribution is 1.91. The number of carboxylic acids is 1. The third-order valence-corrected chi connectivity index (χ3v) is 0.795. The van der Waals surface area contributed by atoms with Crippen LogP contribution in [-0.4, -0.2) is 26.2 Å². The fraction of sp³-hybridized carbons (Fsp3) is 0. The van der Waals surface area contributed by atoms with E-state index in [1.807, 2.05) is 0 Å². The van der Waals surface area contributed by atoms with Crippen LogP contribution in [0.25, 0.3) is 0 Å². The van der Waals surface area contributed by atoms with Crippen LogP contribution in [0.15, 0.2) is 12.3 Å². The zero-order valence-corrected chi connectivity index (χ0v) is 4.35. The van der Waals surface area contributed by atoms with E-state index < -0.39 is 5.97 Å². The number of aromatic carboxylic acids is 1. The number of hydrogen-bond acceptors (Lipinski definition) is 3. The Kier molecular flexibility index (Phi) is 1.11. The quantitative estimate of drug-likeness (QED) is 0.514. The van der Waals surface area contributed by atoms with E-state index in [9.17, 15) is 4.79 Å². The number of rotatable bonds is 1. The molecule has 0 amide bonds. The SMILES string of the molecule is O=C(O)c1ccn(O)n1. The Bertz CT molecular complexity index is 229. The molecule has 1 rings (SSSR count). The normalized spacial score (nSPS) is 9.33. The van der Waals surface area contributed by atoms with E-state index in [4.69, 9.17) is 10.3 Å². The molecule has 0 saturated carbocycles. The van der Waals surface area contributed by atoms with Gasteiger partial charge in [-0.3, -0.25) is 0 Å². The highest BCUT2D eigenvalue weighted by atomic mass is 16.5. The van der Waals surface area contributed by atoms with Crippen molar-refractivity contribution in [1.29, 1.82) is 0 Å². The van der Waals surface area contributed by atoms with Crippen LogP contribution in [0.3, 0.4) is 0 Å². The molecule has 1 aromatic rings. The van der Waals surface area contributed by atoms with Crippen molar-refractivity contribution in [2.24, 2.45) is 0 Å². The van der Waals surface area contributed by atoms with Crippen LogP contribution in [-0.2, 0) is 0 Å². The van der Waals surface area contributed by atoms with Gasteiger partial charge in [-0.2, -0.15) is 0 Å². The zero-order valence-electron chi connectivity index (χ0n) is 4.35. The van der Waals surface area contributed by atoms with Crippen molar-refractivity contribution < 1.29 is 15.1 Å². The number of hydrogen-bond donors (Lipinski definition) is 2. The average molecular weight is 128 g/mol. The predicted molar refractivity (Wildman–Crippen MR) is 26.4 cm³/mol. The Labute approximate surface area is 50.1 Å². The Balaban J connectivity index is 2.98. The van der Waals surface area contributed by atoms with Crippen molar-refractivity contribution >= 4 is 5.97 Å². The second-order valence-electron chi connectivity index (χ2n) is 1.43. The molecule has 5 nitrogen and oxygen atoms in total. The van der Waals surface area contributed by atoms with Crippen LogP contribution in [0.1, 0.15) is 10.5 Å². The first-order valence-electron chi connectivity index (χ1n) is 2.18. The van der Waals surface area contributed by atoms with E-state index >= 15 is 0 Å². The molecule has 0 saturated heterocycles. The molecule has 0 aliphatic rings. The summed E-state index contributed by atoms with van der Waals surface area (Å²) in [5.74, 6) is -1.15. The maximum atomic E-state index is 10.0. The van der Waals surface area contributed by atoms with Crippen molar-refractivity contribution in [3.63, 3.8) is 0 Å². The van der Waals surface area contributed by atoms with Gasteiger partial charge in [-0.25, -0.2) is 4.79 Å². The minimum absolute atomic E-state index is 0.169. The van der Waals surface area contributed by atoms with E-state index in [0.29, 0.717) is 4.85 Å². The number of carboxylic acid groups (broad SMARTS) is 1. The van der Waals surface area contributed by atoms with E-state index in [2.05, 4.69) is 5.10 Å². The van der Waals surface area contributed by atoms with Crippen LogP contribution in [0.4, 0.5) is 0 Å². The molecule has 9 heavy (non-hydrogen) atoms. The zero-order chi connectivity index (χ0) is 6.85. The van der Waals surface area contributed by atoms with Gasteiger partial charge in [0.2, 0.25) is 0 Å². The molecule has 1 heterocycles. The summed E-state index contributed by atoms with van der Waals surface area (Å²) in [5, 5.41) is 19.8.